The number of carbonyl (C=O) groups excluding carboxylic acids is 1. The molecule has 3 aromatic rings. The van der Waals surface area contributed by atoms with Gasteiger partial charge >= 0.3 is 0 Å². The number of thiazole rings is 1. The van der Waals surface area contributed by atoms with E-state index in [9.17, 15) is 9.18 Å². The second-order valence-corrected chi connectivity index (χ2v) is 7.18. The molecule has 128 valence electrons. The topological polar surface area (TPSA) is 42.0 Å². The highest BCUT2D eigenvalue weighted by Gasteiger charge is 2.16. The van der Waals surface area contributed by atoms with Gasteiger partial charge in [-0.15, -0.1) is 11.3 Å². The Morgan fingerprint density at radius 3 is 2.52 bits per heavy atom. The number of carbonyl (C=O) groups is 1. The zero-order chi connectivity index (χ0) is 18.0. The van der Waals surface area contributed by atoms with E-state index in [4.69, 9.17) is 0 Å². The van der Waals surface area contributed by atoms with Crippen molar-refractivity contribution in [2.45, 2.75) is 27.2 Å². The lowest BCUT2D eigenvalue weighted by Gasteiger charge is -2.08. The highest BCUT2D eigenvalue weighted by molar-refractivity contribution is 7.14. The predicted octanol–water partition coefficient (Wildman–Crippen LogP) is 5.05. The summed E-state index contributed by atoms with van der Waals surface area (Å²) in [5.41, 5.74) is 4.68. The molecule has 1 N–H and O–H groups in total. The van der Waals surface area contributed by atoms with Gasteiger partial charge in [-0.3, -0.25) is 4.79 Å². The molecule has 1 amide bonds. The molecule has 0 aliphatic carbocycles. The molecule has 0 saturated carbocycles. The van der Waals surface area contributed by atoms with E-state index in [1.54, 1.807) is 12.1 Å². The molecule has 2 aromatic carbocycles. The quantitative estimate of drug-likeness (QED) is 0.712. The number of nitrogens with one attached hydrogen (secondary N) is 1. The summed E-state index contributed by atoms with van der Waals surface area (Å²) >= 11 is 1.38. The van der Waals surface area contributed by atoms with Crippen LogP contribution in [0.25, 0.3) is 0 Å². The lowest BCUT2D eigenvalue weighted by atomic mass is 10.1. The maximum absolute atomic E-state index is 13.0. The molecule has 1 aromatic heterocycles. The van der Waals surface area contributed by atoms with Crippen LogP contribution in [0.4, 0.5) is 10.1 Å². The Bertz CT molecular complexity index is 916. The predicted molar refractivity (Wildman–Crippen MR) is 99.9 cm³/mol. The summed E-state index contributed by atoms with van der Waals surface area (Å²) in [7, 11) is 0. The van der Waals surface area contributed by atoms with Gasteiger partial charge in [-0.05, 0) is 50.1 Å². The van der Waals surface area contributed by atoms with Gasteiger partial charge < -0.3 is 5.32 Å². The van der Waals surface area contributed by atoms with Crippen molar-refractivity contribution in [3.8, 4) is 0 Å². The van der Waals surface area contributed by atoms with Crippen LogP contribution in [-0.2, 0) is 6.42 Å². The molecule has 1 heterocycles. The largest absolute Gasteiger partial charge is 0.321 e. The smallest absolute Gasteiger partial charge is 0.267 e. The first-order chi connectivity index (χ1) is 11.9. The first-order valence-electron chi connectivity index (χ1n) is 8.02. The Morgan fingerprint density at radius 1 is 1.12 bits per heavy atom. The number of benzene rings is 2. The second kappa shape index (κ2) is 7.15. The minimum absolute atomic E-state index is 0.146. The molecule has 0 spiro atoms. The minimum Gasteiger partial charge on any atom is -0.321 e. The maximum atomic E-state index is 13.0. The number of rotatable bonds is 4. The third-order valence-electron chi connectivity index (χ3n) is 3.95. The molecular formula is C20H19FN2OS. The van der Waals surface area contributed by atoms with E-state index in [0.29, 0.717) is 17.0 Å². The molecule has 0 saturated heterocycles. The van der Waals surface area contributed by atoms with Crippen LogP contribution in [0.15, 0.2) is 42.5 Å². The molecular weight excluding hydrogens is 335 g/mol. The average molecular weight is 354 g/mol. The number of aromatic nitrogens is 1. The number of hydrogen-bond donors (Lipinski definition) is 1. The van der Waals surface area contributed by atoms with Crippen LogP contribution in [-0.4, -0.2) is 10.9 Å². The monoisotopic (exact) mass is 354 g/mol. The van der Waals surface area contributed by atoms with Crippen molar-refractivity contribution >= 4 is 22.9 Å². The van der Waals surface area contributed by atoms with Crippen LogP contribution < -0.4 is 5.32 Å². The highest BCUT2D eigenvalue weighted by atomic mass is 32.1. The fraction of sp³-hybridized carbons (Fsp3) is 0.200. The molecule has 0 unspecified atom stereocenters. The van der Waals surface area contributed by atoms with E-state index in [1.165, 1.54) is 23.5 Å². The van der Waals surface area contributed by atoms with E-state index in [2.05, 4.69) is 10.3 Å². The highest BCUT2D eigenvalue weighted by Crippen LogP contribution is 2.23. The van der Waals surface area contributed by atoms with E-state index in [-0.39, 0.29) is 11.7 Å². The van der Waals surface area contributed by atoms with Gasteiger partial charge in [-0.1, -0.05) is 29.8 Å². The second-order valence-electron chi connectivity index (χ2n) is 6.10. The molecule has 0 aliphatic rings. The van der Waals surface area contributed by atoms with Gasteiger partial charge in [0.2, 0.25) is 0 Å². The molecule has 3 nitrogen and oxygen atoms in total. The molecule has 0 bridgehead atoms. The number of anilines is 1. The molecule has 0 aliphatic heterocycles. The Kier molecular flexibility index (Phi) is 4.95. The number of hydrogen-bond acceptors (Lipinski definition) is 3. The van der Waals surface area contributed by atoms with Crippen LogP contribution in [0.2, 0.25) is 0 Å². The Hall–Kier alpha value is -2.53. The number of halogens is 1. The van der Waals surface area contributed by atoms with Gasteiger partial charge in [0.25, 0.3) is 5.91 Å². The van der Waals surface area contributed by atoms with Crippen molar-refractivity contribution in [1.29, 1.82) is 0 Å². The van der Waals surface area contributed by atoms with Gasteiger partial charge in [0, 0.05) is 12.1 Å². The van der Waals surface area contributed by atoms with E-state index in [0.717, 1.165) is 27.4 Å². The van der Waals surface area contributed by atoms with Gasteiger partial charge in [-0.25, -0.2) is 9.37 Å². The maximum Gasteiger partial charge on any atom is 0.267 e. The van der Waals surface area contributed by atoms with Crippen molar-refractivity contribution in [1.82, 2.24) is 4.98 Å². The van der Waals surface area contributed by atoms with Crippen LogP contribution in [0, 0.1) is 26.6 Å². The molecule has 0 radical (unpaired) electrons. The number of amides is 1. The van der Waals surface area contributed by atoms with Crippen LogP contribution in [0.5, 0.6) is 0 Å². The van der Waals surface area contributed by atoms with Crippen LogP contribution in [0.3, 0.4) is 0 Å². The molecule has 5 heteroatoms. The normalized spacial score (nSPS) is 10.7. The van der Waals surface area contributed by atoms with Crippen molar-refractivity contribution < 1.29 is 9.18 Å². The number of aryl methyl sites for hydroxylation is 3. The Balaban J connectivity index is 1.77. The molecule has 25 heavy (non-hydrogen) atoms. The molecule has 3 rings (SSSR count). The summed E-state index contributed by atoms with van der Waals surface area (Å²) in [5.74, 6) is -0.403. The van der Waals surface area contributed by atoms with Gasteiger partial charge in [-0.2, -0.15) is 0 Å². The van der Waals surface area contributed by atoms with Crippen molar-refractivity contribution in [2.75, 3.05) is 5.32 Å². The summed E-state index contributed by atoms with van der Waals surface area (Å²) in [6.07, 6.45) is 0.586. The summed E-state index contributed by atoms with van der Waals surface area (Å²) in [5, 5.41) is 3.80. The third kappa shape index (κ3) is 4.12. The fourth-order valence-electron chi connectivity index (χ4n) is 2.65. The third-order valence-corrected chi connectivity index (χ3v) is 5.10. The fourth-order valence-corrected chi connectivity index (χ4v) is 3.64. The molecule has 0 atom stereocenters. The first-order valence-corrected chi connectivity index (χ1v) is 8.83. The first kappa shape index (κ1) is 17.3. The van der Waals surface area contributed by atoms with Crippen molar-refractivity contribution in [2.24, 2.45) is 0 Å². The number of nitrogens with zero attached hydrogens (tertiary/aromatic N) is 1. The van der Waals surface area contributed by atoms with Crippen molar-refractivity contribution in [3.63, 3.8) is 0 Å². The SMILES string of the molecule is Cc1ccc(NC(=O)c2sc(Cc3ccc(F)cc3)nc2C)c(C)c1. The lowest BCUT2D eigenvalue weighted by molar-refractivity contribution is 0.102. The van der Waals surface area contributed by atoms with Gasteiger partial charge in [0.1, 0.15) is 10.7 Å². The Morgan fingerprint density at radius 2 is 1.84 bits per heavy atom. The van der Waals surface area contributed by atoms with Gasteiger partial charge in [0.15, 0.2) is 0 Å². The van der Waals surface area contributed by atoms with E-state index < -0.39 is 0 Å². The summed E-state index contributed by atoms with van der Waals surface area (Å²) in [6.45, 7) is 5.83. The summed E-state index contributed by atoms with van der Waals surface area (Å²) in [6, 6.07) is 12.3. The zero-order valence-electron chi connectivity index (χ0n) is 14.4. The molecule has 0 fully saturated rings. The minimum atomic E-state index is -0.257. The standard InChI is InChI=1S/C20H19FN2OS/c1-12-4-9-17(13(2)10-12)23-20(24)19-14(3)22-18(25-19)11-15-5-7-16(21)8-6-15/h4-10H,11H2,1-3H3,(H,23,24). The summed E-state index contributed by atoms with van der Waals surface area (Å²) < 4.78 is 13.0. The Labute approximate surface area is 150 Å². The van der Waals surface area contributed by atoms with Gasteiger partial charge in [0.05, 0.1) is 10.7 Å². The van der Waals surface area contributed by atoms with Crippen molar-refractivity contribution in [3.05, 3.63) is 80.6 Å². The van der Waals surface area contributed by atoms with Crippen LogP contribution in [0.1, 0.15) is 37.1 Å². The van der Waals surface area contributed by atoms with E-state index in [1.807, 2.05) is 39.0 Å². The zero-order valence-corrected chi connectivity index (χ0v) is 15.2. The average Bonchev–Trinajstić information content (AvgIpc) is 2.93. The van der Waals surface area contributed by atoms with Crippen LogP contribution >= 0.6 is 11.3 Å². The summed E-state index contributed by atoms with van der Waals surface area (Å²) in [4.78, 5) is 17.7. The van der Waals surface area contributed by atoms with E-state index >= 15 is 0 Å². The lowest BCUT2D eigenvalue weighted by Crippen LogP contribution is -2.12.